The standard InChI is InChI=1S/C16H19N3O2S/c1-4-5-15-14(16(22-3)18-11(2)17-15)10-12-6-8-13(9-7-12)19(20)21/h6-9H,4-5,10H2,1-3H3. The molecule has 2 rings (SSSR count). The highest BCUT2D eigenvalue weighted by Gasteiger charge is 2.13. The van der Waals surface area contributed by atoms with Gasteiger partial charge in [0, 0.05) is 29.8 Å². The SMILES string of the molecule is CCCc1nc(C)nc(SC)c1Cc1ccc([N+](=O)[O-])cc1. The Kier molecular flexibility index (Phi) is 5.49. The lowest BCUT2D eigenvalue weighted by Crippen LogP contribution is -2.06. The van der Waals surface area contributed by atoms with E-state index in [1.54, 1.807) is 36.0 Å². The minimum absolute atomic E-state index is 0.114. The van der Waals surface area contributed by atoms with Crippen LogP contribution in [0, 0.1) is 17.0 Å². The summed E-state index contributed by atoms with van der Waals surface area (Å²) in [5.74, 6) is 0.792. The second kappa shape index (κ2) is 7.35. The molecule has 0 amide bonds. The van der Waals surface area contributed by atoms with E-state index in [0.29, 0.717) is 6.42 Å². The second-order valence-electron chi connectivity index (χ2n) is 5.06. The number of benzene rings is 1. The van der Waals surface area contributed by atoms with E-state index in [2.05, 4.69) is 16.9 Å². The Bertz CT molecular complexity index is 672. The molecular weight excluding hydrogens is 298 g/mol. The zero-order valence-corrected chi connectivity index (χ0v) is 13.8. The summed E-state index contributed by atoms with van der Waals surface area (Å²) in [7, 11) is 0. The highest BCUT2D eigenvalue weighted by Crippen LogP contribution is 2.25. The molecule has 0 spiro atoms. The molecule has 22 heavy (non-hydrogen) atoms. The first kappa shape index (κ1) is 16.4. The van der Waals surface area contributed by atoms with Gasteiger partial charge >= 0.3 is 0 Å². The van der Waals surface area contributed by atoms with Gasteiger partial charge in [0.05, 0.1) is 4.92 Å². The van der Waals surface area contributed by atoms with Crippen LogP contribution in [0.15, 0.2) is 29.3 Å². The van der Waals surface area contributed by atoms with Crippen molar-refractivity contribution in [1.82, 2.24) is 9.97 Å². The van der Waals surface area contributed by atoms with Crippen LogP contribution in [0.3, 0.4) is 0 Å². The van der Waals surface area contributed by atoms with Gasteiger partial charge in [0.2, 0.25) is 0 Å². The monoisotopic (exact) mass is 317 g/mol. The van der Waals surface area contributed by atoms with Crippen molar-refractivity contribution >= 4 is 17.4 Å². The average molecular weight is 317 g/mol. The van der Waals surface area contributed by atoms with Crippen molar-refractivity contribution in [3.8, 4) is 0 Å². The minimum Gasteiger partial charge on any atom is -0.258 e. The van der Waals surface area contributed by atoms with Crippen LogP contribution in [0.4, 0.5) is 5.69 Å². The molecule has 0 fully saturated rings. The summed E-state index contributed by atoms with van der Waals surface area (Å²) in [4.78, 5) is 19.5. The fourth-order valence-electron chi connectivity index (χ4n) is 2.36. The Morgan fingerprint density at radius 1 is 1.23 bits per heavy atom. The van der Waals surface area contributed by atoms with Crippen molar-refractivity contribution in [2.75, 3.05) is 6.26 Å². The predicted octanol–water partition coefficient (Wildman–Crippen LogP) is 3.96. The van der Waals surface area contributed by atoms with E-state index in [4.69, 9.17) is 0 Å². The molecule has 0 aliphatic heterocycles. The molecule has 0 N–H and O–H groups in total. The molecule has 0 saturated carbocycles. The lowest BCUT2D eigenvalue weighted by molar-refractivity contribution is -0.384. The first-order valence-corrected chi connectivity index (χ1v) is 8.41. The number of nitro groups is 1. The Morgan fingerprint density at radius 3 is 2.45 bits per heavy atom. The van der Waals surface area contributed by atoms with Gasteiger partial charge in [0.1, 0.15) is 10.9 Å². The van der Waals surface area contributed by atoms with Crippen molar-refractivity contribution < 1.29 is 4.92 Å². The average Bonchev–Trinajstić information content (AvgIpc) is 2.50. The van der Waals surface area contributed by atoms with Crippen LogP contribution in [-0.4, -0.2) is 21.1 Å². The molecular formula is C16H19N3O2S. The van der Waals surface area contributed by atoms with Crippen LogP contribution in [0.1, 0.15) is 36.0 Å². The Balaban J connectivity index is 2.36. The van der Waals surface area contributed by atoms with Gasteiger partial charge < -0.3 is 0 Å². The van der Waals surface area contributed by atoms with Crippen molar-refractivity contribution in [2.24, 2.45) is 0 Å². The van der Waals surface area contributed by atoms with Gasteiger partial charge in [-0.05, 0) is 25.2 Å². The van der Waals surface area contributed by atoms with E-state index in [9.17, 15) is 10.1 Å². The van der Waals surface area contributed by atoms with Gasteiger partial charge in [0.25, 0.3) is 5.69 Å². The summed E-state index contributed by atoms with van der Waals surface area (Å²) in [6.45, 7) is 4.04. The second-order valence-corrected chi connectivity index (χ2v) is 5.85. The fraction of sp³-hybridized carbons (Fsp3) is 0.375. The van der Waals surface area contributed by atoms with Gasteiger partial charge in [0.15, 0.2) is 0 Å². The molecule has 116 valence electrons. The number of hydrogen-bond donors (Lipinski definition) is 0. The van der Waals surface area contributed by atoms with Crippen molar-refractivity contribution in [3.05, 3.63) is 57.0 Å². The van der Waals surface area contributed by atoms with Crippen LogP contribution < -0.4 is 0 Å². The van der Waals surface area contributed by atoms with Crippen molar-refractivity contribution in [2.45, 2.75) is 38.1 Å². The summed E-state index contributed by atoms with van der Waals surface area (Å²) < 4.78 is 0. The summed E-state index contributed by atoms with van der Waals surface area (Å²) in [6, 6.07) is 6.70. The molecule has 5 nitrogen and oxygen atoms in total. The summed E-state index contributed by atoms with van der Waals surface area (Å²) >= 11 is 1.62. The van der Waals surface area contributed by atoms with E-state index in [1.165, 1.54) is 0 Å². The Hall–Kier alpha value is -1.95. The van der Waals surface area contributed by atoms with Gasteiger partial charge in [-0.2, -0.15) is 0 Å². The van der Waals surface area contributed by atoms with Crippen LogP contribution >= 0.6 is 11.8 Å². The number of rotatable bonds is 6. The smallest absolute Gasteiger partial charge is 0.258 e. The topological polar surface area (TPSA) is 68.9 Å². The first-order chi connectivity index (χ1) is 10.5. The van der Waals surface area contributed by atoms with Crippen LogP contribution in [-0.2, 0) is 12.8 Å². The van der Waals surface area contributed by atoms with Crippen LogP contribution in [0.25, 0.3) is 0 Å². The van der Waals surface area contributed by atoms with Gasteiger partial charge in [-0.25, -0.2) is 9.97 Å². The third-order valence-corrected chi connectivity index (χ3v) is 4.10. The van der Waals surface area contributed by atoms with Gasteiger partial charge in [-0.15, -0.1) is 11.8 Å². The molecule has 1 aromatic heterocycles. The summed E-state index contributed by atoms with van der Waals surface area (Å²) in [5, 5.41) is 11.7. The molecule has 0 atom stereocenters. The maximum Gasteiger partial charge on any atom is 0.269 e. The molecule has 0 radical (unpaired) electrons. The molecule has 6 heteroatoms. The van der Waals surface area contributed by atoms with Crippen LogP contribution in [0.2, 0.25) is 0 Å². The van der Waals surface area contributed by atoms with E-state index in [-0.39, 0.29) is 10.6 Å². The quantitative estimate of drug-likeness (QED) is 0.349. The first-order valence-electron chi connectivity index (χ1n) is 7.18. The summed E-state index contributed by atoms with van der Waals surface area (Å²) in [6.07, 6.45) is 4.65. The minimum atomic E-state index is -0.380. The normalized spacial score (nSPS) is 10.7. The van der Waals surface area contributed by atoms with E-state index in [0.717, 1.165) is 40.5 Å². The maximum atomic E-state index is 10.7. The Morgan fingerprint density at radius 2 is 1.91 bits per heavy atom. The zero-order chi connectivity index (χ0) is 16.1. The lowest BCUT2D eigenvalue weighted by Gasteiger charge is -2.13. The van der Waals surface area contributed by atoms with E-state index < -0.39 is 0 Å². The number of aryl methyl sites for hydroxylation is 2. The molecule has 0 bridgehead atoms. The number of thioether (sulfide) groups is 1. The Labute approximate surface area is 134 Å². The molecule has 0 aliphatic carbocycles. The summed E-state index contributed by atoms with van der Waals surface area (Å²) in [5.41, 5.74) is 3.36. The number of nitrogens with zero attached hydrogens (tertiary/aromatic N) is 3. The third kappa shape index (κ3) is 3.82. The number of aromatic nitrogens is 2. The fourth-order valence-corrected chi connectivity index (χ4v) is 3.02. The predicted molar refractivity (Wildman–Crippen MR) is 88.4 cm³/mol. The highest BCUT2D eigenvalue weighted by molar-refractivity contribution is 7.98. The molecule has 0 saturated heterocycles. The molecule has 1 heterocycles. The molecule has 0 aliphatic rings. The number of non-ortho nitro benzene ring substituents is 1. The van der Waals surface area contributed by atoms with Gasteiger partial charge in [-0.1, -0.05) is 25.5 Å². The largest absolute Gasteiger partial charge is 0.269 e. The molecule has 1 aromatic carbocycles. The van der Waals surface area contributed by atoms with Crippen molar-refractivity contribution in [3.63, 3.8) is 0 Å². The third-order valence-electron chi connectivity index (χ3n) is 3.37. The number of hydrogen-bond acceptors (Lipinski definition) is 5. The van der Waals surface area contributed by atoms with Crippen LogP contribution in [0.5, 0.6) is 0 Å². The number of nitro benzene ring substituents is 1. The van der Waals surface area contributed by atoms with Crippen molar-refractivity contribution in [1.29, 1.82) is 0 Å². The lowest BCUT2D eigenvalue weighted by atomic mass is 10.0. The van der Waals surface area contributed by atoms with E-state index >= 15 is 0 Å². The molecule has 0 unspecified atom stereocenters. The van der Waals surface area contributed by atoms with E-state index in [1.807, 2.05) is 13.2 Å². The highest BCUT2D eigenvalue weighted by atomic mass is 32.2. The molecule has 2 aromatic rings. The zero-order valence-electron chi connectivity index (χ0n) is 13.0. The maximum absolute atomic E-state index is 10.7. The van der Waals surface area contributed by atoms with Gasteiger partial charge in [-0.3, -0.25) is 10.1 Å².